The van der Waals surface area contributed by atoms with Crippen molar-refractivity contribution >= 4 is 5.97 Å². The molecule has 0 aromatic rings. The Kier molecular flexibility index (Phi) is 3.49. The van der Waals surface area contributed by atoms with Gasteiger partial charge in [-0.1, -0.05) is 6.92 Å². The predicted molar refractivity (Wildman–Crippen MR) is 47.2 cm³/mol. The molecule has 0 radical (unpaired) electrons. The lowest BCUT2D eigenvalue weighted by Gasteiger charge is -2.10. The fourth-order valence-electron chi connectivity index (χ4n) is 1.44. The molecule has 0 saturated carbocycles. The molecule has 0 saturated heterocycles. The van der Waals surface area contributed by atoms with Gasteiger partial charge in [-0.15, -0.1) is 0 Å². The topological polar surface area (TPSA) is 65.0 Å². The lowest BCUT2D eigenvalue weighted by Crippen LogP contribution is -2.13. The van der Waals surface area contributed by atoms with E-state index in [1.165, 1.54) is 7.11 Å². The highest BCUT2D eigenvalue weighted by molar-refractivity contribution is 5.92. The molecule has 0 aliphatic carbocycles. The van der Waals surface area contributed by atoms with E-state index < -0.39 is 12.3 Å². The highest BCUT2D eigenvalue weighted by Gasteiger charge is 2.36. The van der Waals surface area contributed by atoms with Crippen molar-refractivity contribution in [3.05, 3.63) is 11.3 Å². The molecule has 2 atom stereocenters. The SMILES string of the molecule is COCC(C)C1=C(OC)C(O)OC1=O. The third kappa shape index (κ3) is 1.88. The molecule has 80 valence electrons. The van der Waals surface area contributed by atoms with Crippen LogP contribution in [-0.2, 0) is 19.0 Å². The molecule has 1 aliphatic rings. The molecule has 1 heterocycles. The van der Waals surface area contributed by atoms with Gasteiger partial charge in [-0.3, -0.25) is 0 Å². The van der Waals surface area contributed by atoms with Crippen LogP contribution in [0.4, 0.5) is 0 Å². The molecular formula is C9H14O5. The zero-order chi connectivity index (χ0) is 10.7. The first-order valence-corrected chi connectivity index (χ1v) is 4.27. The number of cyclic esters (lactones) is 1. The second kappa shape index (κ2) is 4.43. The van der Waals surface area contributed by atoms with Crippen LogP contribution in [0.3, 0.4) is 0 Å². The molecule has 1 N–H and O–H groups in total. The number of hydrogen-bond donors (Lipinski definition) is 1. The normalized spacial score (nSPS) is 23.7. The summed E-state index contributed by atoms with van der Waals surface area (Å²) >= 11 is 0. The van der Waals surface area contributed by atoms with Crippen LogP contribution >= 0.6 is 0 Å². The lowest BCUT2D eigenvalue weighted by atomic mass is 10.0. The number of hydrogen-bond acceptors (Lipinski definition) is 5. The van der Waals surface area contributed by atoms with Gasteiger partial charge in [0.2, 0.25) is 0 Å². The third-order valence-corrected chi connectivity index (χ3v) is 2.06. The maximum absolute atomic E-state index is 11.3. The zero-order valence-electron chi connectivity index (χ0n) is 8.44. The summed E-state index contributed by atoms with van der Waals surface area (Å²) in [6, 6.07) is 0. The van der Waals surface area contributed by atoms with Crippen LogP contribution in [0.2, 0.25) is 0 Å². The Morgan fingerprint density at radius 2 is 2.21 bits per heavy atom. The average molecular weight is 202 g/mol. The van der Waals surface area contributed by atoms with E-state index >= 15 is 0 Å². The number of aliphatic hydroxyl groups is 1. The Morgan fingerprint density at radius 1 is 1.57 bits per heavy atom. The van der Waals surface area contributed by atoms with Gasteiger partial charge in [0.25, 0.3) is 6.29 Å². The smallest absolute Gasteiger partial charge is 0.340 e. The van der Waals surface area contributed by atoms with Crippen LogP contribution in [0.25, 0.3) is 0 Å². The first-order valence-electron chi connectivity index (χ1n) is 4.27. The minimum Gasteiger partial charge on any atom is -0.494 e. The van der Waals surface area contributed by atoms with Gasteiger partial charge in [0.05, 0.1) is 19.3 Å². The molecule has 0 fully saturated rings. The van der Waals surface area contributed by atoms with E-state index in [9.17, 15) is 9.90 Å². The molecule has 0 aromatic heterocycles. The van der Waals surface area contributed by atoms with Crippen molar-refractivity contribution in [1.29, 1.82) is 0 Å². The third-order valence-electron chi connectivity index (χ3n) is 2.06. The molecule has 1 aliphatic heterocycles. The van der Waals surface area contributed by atoms with Gasteiger partial charge < -0.3 is 19.3 Å². The Hall–Kier alpha value is -1.07. The molecule has 5 heteroatoms. The van der Waals surface area contributed by atoms with Crippen LogP contribution < -0.4 is 0 Å². The summed E-state index contributed by atoms with van der Waals surface area (Å²) in [6.45, 7) is 2.18. The highest BCUT2D eigenvalue weighted by Crippen LogP contribution is 2.27. The molecule has 0 aromatic carbocycles. The molecule has 2 unspecified atom stereocenters. The van der Waals surface area contributed by atoms with E-state index in [1.807, 2.05) is 0 Å². The summed E-state index contributed by atoms with van der Waals surface area (Å²) in [6.07, 6.45) is -1.28. The number of methoxy groups -OCH3 is 2. The molecule has 1 rings (SSSR count). The monoisotopic (exact) mass is 202 g/mol. The predicted octanol–water partition coefficient (Wildman–Crippen LogP) is 0.0446. The van der Waals surface area contributed by atoms with Crippen LogP contribution in [0, 0.1) is 5.92 Å². The summed E-state index contributed by atoms with van der Waals surface area (Å²) < 4.78 is 14.4. The first kappa shape index (κ1) is 11.0. The molecule has 5 nitrogen and oxygen atoms in total. The minimum absolute atomic E-state index is 0.153. The van der Waals surface area contributed by atoms with Gasteiger partial charge in [0, 0.05) is 13.0 Å². The second-order valence-electron chi connectivity index (χ2n) is 3.10. The Balaban J connectivity index is 2.90. The number of carbonyl (C=O) groups is 1. The standard InChI is InChI=1S/C9H14O5/c1-5(4-12-2)6-7(13-3)9(11)14-8(6)10/h5,9,11H,4H2,1-3H3. The fourth-order valence-corrected chi connectivity index (χ4v) is 1.44. The molecule has 14 heavy (non-hydrogen) atoms. The largest absolute Gasteiger partial charge is 0.494 e. The van der Waals surface area contributed by atoms with Crippen LogP contribution in [0.15, 0.2) is 11.3 Å². The van der Waals surface area contributed by atoms with Gasteiger partial charge >= 0.3 is 5.97 Å². The fraction of sp³-hybridized carbons (Fsp3) is 0.667. The van der Waals surface area contributed by atoms with Crippen LogP contribution in [0.5, 0.6) is 0 Å². The average Bonchev–Trinajstić information content (AvgIpc) is 2.40. The van der Waals surface area contributed by atoms with Crippen molar-refractivity contribution in [1.82, 2.24) is 0 Å². The van der Waals surface area contributed by atoms with Gasteiger partial charge in [-0.2, -0.15) is 0 Å². The van der Waals surface area contributed by atoms with E-state index in [0.29, 0.717) is 12.2 Å². The van der Waals surface area contributed by atoms with E-state index in [0.717, 1.165) is 0 Å². The maximum atomic E-state index is 11.3. The second-order valence-corrected chi connectivity index (χ2v) is 3.10. The van der Waals surface area contributed by atoms with Gasteiger partial charge in [-0.25, -0.2) is 4.79 Å². The quantitative estimate of drug-likeness (QED) is 0.652. The summed E-state index contributed by atoms with van der Waals surface area (Å²) in [5.41, 5.74) is 0.349. The van der Waals surface area contributed by atoms with Crippen LogP contribution in [0.1, 0.15) is 6.92 Å². The van der Waals surface area contributed by atoms with Crippen LogP contribution in [-0.4, -0.2) is 38.2 Å². The van der Waals surface area contributed by atoms with Gasteiger partial charge in [-0.05, 0) is 0 Å². The van der Waals surface area contributed by atoms with Gasteiger partial charge in [0.1, 0.15) is 0 Å². The number of carbonyl (C=O) groups excluding carboxylic acids is 1. The van der Waals surface area contributed by atoms with E-state index in [1.54, 1.807) is 14.0 Å². The maximum Gasteiger partial charge on any atom is 0.340 e. The van der Waals surface area contributed by atoms with E-state index in [4.69, 9.17) is 9.47 Å². The Bertz CT molecular complexity index is 258. The summed E-state index contributed by atoms with van der Waals surface area (Å²) in [7, 11) is 2.93. The highest BCUT2D eigenvalue weighted by atomic mass is 16.7. The van der Waals surface area contributed by atoms with Crippen molar-refractivity contribution in [3.63, 3.8) is 0 Å². The van der Waals surface area contributed by atoms with Crippen molar-refractivity contribution < 1.29 is 24.1 Å². The van der Waals surface area contributed by atoms with Gasteiger partial charge in [0.15, 0.2) is 5.76 Å². The Morgan fingerprint density at radius 3 is 2.71 bits per heavy atom. The Labute approximate surface area is 82.3 Å². The number of rotatable bonds is 4. The van der Waals surface area contributed by atoms with Crippen molar-refractivity contribution in [2.75, 3.05) is 20.8 Å². The summed E-state index contributed by atoms with van der Waals surface area (Å²) in [4.78, 5) is 11.3. The minimum atomic E-state index is -1.28. The number of aliphatic hydroxyl groups excluding tert-OH is 1. The summed E-state index contributed by atoms with van der Waals surface area (Å²) in [5, 5.41) is 9.28. The van der Waals surface area contributed by atoms with Crippen molar-refractivity contribution in [2.45, 2.75) is 13.2 Å². The van der Waals surface area contributed by atoms with Crippen molar-refractivity contribution in [2.24, 2.45) is 5.92 Å². The van der Waals surface area contributed by atoms with E-state index in [-0.39, 0.29) is 11.7 Å². The molecule has 0 spiro atoms. The first-order chi connectivity index (χ1) is 6.61. The molecule has 0 bridgehead atoms. The number of ether oxygens (including phenoxy) is 3. The van der Waals surface area contributed by atoms with Crippen molar-refractivity contribution in [3.8, 4) is 0 Å². The summed E-state index contributed by atoms with van der Waals surface area (Å²) in [5.74, 6) is -0.516. The zero-order valence-corrected chi connectivity index (χ0v) is 8.44. The molecular weight excluding hydrogens is 188 g/mol. The lowest BCUT2D eigenvalue weighted by molar-refractivity contribution is -0.154. The molecule has 0 amide bonds. The number of esters is 1. The van der Waals surface area contributed by atoms with E-state index in [2.05, 4.69) is 4.74 Å².